The first-order valence-electron chi connectivity index (χ1n) is 8.89. The Labute approximate surface area is 155 Å². The van der Waals surface area contributed by atoms with Crippen molar-refractivity contribution in [3.63, 3.8) is 0 Å². The molecule has 4 aromatic rings. The first-order valence-corrected chi connectivity index (χ1v) is 10.9. The van der Waals surface area contributed by atoms with Crippen molar-refractivity contribution in [1.29, 1.82) is 0 Å². The smallest absolute Gasteiger partial charge is 0.142 e. The molecule has 1 nitrogen and oxygen atoms in total. The van der Waals surface area contributed by atoms with E-state index in [2.05, 4.69) is 103 Å². The van der Waals surface area contributed by atoms with E-state index in [0.717, 1.165) is 17.7 Å². The molecule has 0 N–H and O–H groups in total. The molecule has 26 heavy (non-hydrogen) atoms. The lowest BCUT2D eigenvalue weighted by atomic mass is 10.4. The largest absolute Gasteiger partial charge is 0.462 e. The van der Waals surface area contributed by atoms with Gasteiger partial charge >= 0.3 is 0 Å². The second kappa shape index (κ2) is 7.32. The molecule has 1 aromatic heterocycles. The molecule has 0 spiro atoms. The van der Waals surface area contributed by atoms with Crippen LogP contribution in [0.4, 0.5) is 0 Å². The fourth-order valence-corrected chi connectivity index (χ4v) is 7.70. The van der Waals surface area contributed by atoms with Gasteiger partial charge in [0.15, 0.2) is 0 Å². The maximum Gasteiger partial charge on any atom is 0.142 e. The molecule has 0 unspecified atom stereocenters. The van der Waals surface area contributed by atoms with Crippen LogP contribution in [0.2, 0.25) is 0 Å². The third-order valence-corrected chi connectivity index (χ3v) is 9.11. The van der Waals surface area contributed by atoms with E-state index >= 15 is 0 Å². The number of benzene rings is 3. The van der Waals surface area contributed by atoms with E-state index < -0.39 is 7.26 Å². The number of furan rings is 1. The first kappa shape index (κ1) is 16.8. The molecule has 2 heteroatoms. The minimum absolute atomic E-state index is 0.888. The summed E-state index contributed by atoms with van der Waals surface area (Å²) >= 11 is 0. The molecule has 0 aliphatic heterocycles. The van der Waals surface area contributed by atoms with E-state index in [-0.39, 0.29) is 0 Å². The third-order valence-electron chi connectivity index (χ3n) is 4.78. The number of rotatable bonds is 5. The van der Waals surface area contributed by atoms with Crippen LogP contribution in [0.5, 0.6) is 0 Å². The van der Waals surface area contributed by atoms with Crippen LogP contribution in [-0.4, -0.2) is 0 Å². The Morgan fingerprint density at radius 2 is 1.00 bits per heavy atom. The highest BCUT2D eigenvalue weighted by atomic mass is 31.2. The molecule has 3 aromatic carbocycles. The standard InChI is InChI=1S/C24H22OP/c1-20-17-18-21(25-20)19-26(22-11-5-2-6-12-22,23-13-7-3-8-14-23)24-15-9-4-10-16-24/h2-18H,19H2,1H3/q+1. The van der Waals surface area contributed by atoms with Crippen molar-refractivity contribution in [2.45, 2.75) is 13.1 Å². The molecule has 0 saturated heterocycles. The SMILES string of the molecule is Cc1ccc(C[P+](c2ccccc2)(c2ccccc2)c2ccccc2)o1. The highest BCUT2D eigenvalue weighted by Crippen LogP contribution is 2.58. The van der Waals surface area contributed by atoms with Gasteiger partial charge in [-0.3, -0.25) is 0 Å². The average Bonchev–Trinajstić information content (AvgIpc) is 3.13. The summed E-state index contributed by atoms with van der Waals surface area (Å²) in [5, 5.41) is 4.14. The van der Waals surface area contributed by atoms with Gasteiger partial charge < -0.3 is 4.42 Å². The van der Waals surface area contributed by atoms with Crippen LogP contribution in [-0.2, 0) is 6.16 Å². The van der Waals surface area contributed by atoms with Crippen molar-refractivity contribution in [1.82, 2.24) is 0 Å². The molecule has 0 amide bonds. The second-order valence-electron chi connectivity index (χ2n) is 6.49. The zero-order valence-corrected chi connectivity index (χ0v) is 15.8. The summed E-state index contributed by atoms with van der Waals surface area (Å²) in [6.45, 7) is 2.01. The molecule has 128 valence electrons. The van der Waals surface area contributed by atoms with E-state index in [9.17, 15) is 0 Å². The molecular weight excluding hydrogens is 335 g/mol. The Morgan fingerprint density at radius 3 is 1.35 bits per heavy atom. The Morgan fingerprint density at radius 1 is 0.577 bits per heavy atom. The van der Waals surface area contributed by atoms with Gasteiger partial charge in [0.25, 0.3) is 0 Å². The van der Waals surface area contributed by atoms with Crippen LogP contribution < -0.4 is 15.9 Å². The molecule has 4 rings (SSSR count). The van der Waals surface area contributed by atoms with Gasteiger partial charge in [-0.05, 0) is 55.5 Å². The summed E-state index contributed by atoms with van der Waals surface area (Å²) in [6, 6.07) is 36.9. The molecule has 0 radical (unpaired) electrons. The van der Waals surface area contributed by atoms with Crippen molar-refractivity contribution < 1.29 is 4.42 Å². The third kappa shape index (κ3) is 3.11. The van der Waals surface area contributed by atoms with Crippen LogP contribution in [0, 0.1) is 6.92 Å². The monoisotopic (exact) mass is 357 g/mol. The minimum Gasteiger partial charge on any atom is -0.462 e. The maximum absolute atomic E-state index is 6.03. The van der Waals surface area contributed by atoms with Gasteiger partial charge in [0.2, 0.25) is 0 Å². The lowest BCUT2D eigenvalue weighted by Gasteiger charge is -2.26. The van der Waals surface area contributed by atoms with Crippen molar-refractivity contribution in [3.8, 4) is 0 Å². The zero-order valence-electron chi connectivity index (χ0n) is 14.9. The van der Waals surface area contributed by atoms with Crippen LogP contribution in [0.25, 0.3) is 0 Å². The van der Waals surface area contributed by atoms with E-state index in [1.807, 2.05) is 6.92 Å². The molecule has 0 bridgehead atoms. The molecule has 0 atom stereocenters. The zero-order chi connectivity index (χ0) is 17.8. The normalized spacial score (nSPS) is 11.4. The highest BCUT2D eigenvalue weighted by molar-refractivity contribution is 7.95. The van der Waals surface area contributed by atoms with Gasteiger partial charge in [0.05, 0.1) is 0 Å². The Hall–Kier alpha value is -2.63. The molecule has 0 fully saturated rings. The molecular formula is C24H22OP+. The molecule has 0 aliphatic rings. The lowest BCUT2D eigenvalue weighted by Crippen LogP contribution is -2.32. The summed E-state index contributed by atoms with van der Waals surface area (Å²) in [4.78, 5) is 0. The van der Waals surface area contributed by atoms with Crippen molar-refractivity contribution in [2.24, 2.45) is 0 Å². The minimum atomic E-state index is -1.86. The van der Waals surface area contributed by atoms with E-state index in [0.29, 0.717) is 0 Å². The van der Waals surface area contributed by atoms with Crippen LogP contribution >= 0.6 is 7.26 Å². The van der Waals surface area contributed by atoms with Crippen LogP contribution in [0.15, 0.2) is 108 Å². The fourth-order valence-electron chi connectivity index (χ4n) is 3.57. The Bertz CT molecular complexity index is 862. The highest BCUT2D eigenvalue weighted by Gasteiger charge is 2.46. The van der Waals surface area contributed by atoms with Gasteiger partial charge in [0.1, 0.15) is 40.9 Å². The van der Waals surface area contributed by atoms with E-state index in [1.54, 1.807) is 0 Å². The molecule has 0 aliphatic carbocycles. The topological polar surface area (TPSA) is 13.1 Å². The van der Waals surface area contributed by atoms with Gasteiger partial charge in [0, 0.05) is 0 Å². The van der Waals surface area contributed by atoms with E-state index in [1.165, 1.54) is 15.9 Å². The van der Waals surface area contributed by atoms with Crippen molar-refractivity contribution >= 4 is 23.2 Å². The number of hydrogen-bond donors (Lipinski definition) is 0. The molecule has 1 heterocycles. The first-order chi connectivity index (χ1) is 12.8. The van der Waals surface area contributed by atoms with Gasteiger partial charge in [-0.15, -0.1) is 0 Å². The summed E-state index contributed by atoms with van der Waals surface area (Å²) < 4.78 is 6.03. The number of hydrogen-bond acceptors (Lipinski definition) is 1. The van der Waals surface area contributed by atoms with Gasteiger partial charge in [-0.25, -0.2) is 0 Å². The fraction of sp³-hybridized carbons (Fsp3) is 0.0833. The molecule has 0 saturated carbocycles. The second-order valence-corrected chi connectivity index (χ2v) is 9.97. The number of aryl methyl sites for hydroxylation is 1. The van der Waals surface area contributed by atoms with Gasteiger partial charge in [-0.1, -0.05) is 54.6 Å². The predicted molar refractivity (Wildman–Crippen MR) is 112 cm³/mol. The van der Waals surface area contributed by atoms with E-state index in [4.69, 9.17) is 4.42 Å². The average molecular weight is 357 g/mol. The summed E-state index contributed by atoms with van der Waals surface area (Å²) in [6.07, 6.45) is 0.888. The summed E-state index contributed by atoms with van der Waals surface area (Å²) in [5.41, 5.74) is 0. The summed E-state index contributed by atoms with van der Waals surface area (Å²) in [7, 11) is -1.86. The van der Waals surface area contributed by atoms with Crippen LogP contribution in [0.3, 0.4) is 0 Å². The lowest BCUT2D eigenvalue weighted by molar-refractivity contribution is 0.500. The van der Waals surface area contributed by atoms with Crippen LogP contribution in [0.1, 0.15) is 11.5 Å². The van der Waals surface area contributed by atoms with Crippen molar-refractivity contribution in [2.75, 3.05) is 0 Å². The predicted octanol–water partition coefficient (Wildman–Crippen LogP) is 5.08. The quantitative estimate of drug-likeness (QED) is 0.454. The van der Waals surface area contributed by atoms with Gasteiger partial charge in [-0.2, -0.15) is 0 Å². The summed E-state index contributed by atoms with van der Waals surface area (Å²) in [5.74, 6) is 2.01. The van der Waals surface area contributed by atoms with Crippen molar-refractivity contribution in [3.05, 3.63) is 115 Å². The Balaban J connectivity index is 2.00. The maximum atomic E-state index is 6.03. The Kier molecular flexibility index (Phi) is 4.73.